The highest BCUT2D eigenvalue weighted by Gasteiger charge is 2.38. The Bertz CT molecular complexity index is 199. The summed E-state index contributed by atoms with van der Waals surface area (Å²) in [6.07, 6.45) is 5.14. The Morgan fingerprint density at radius 1 is 1.27 bits per heavy atom. The second kappa shape index (κ2) is 4.84. The molecule has 2 nitrogen and oxygen atoms in total. The summed E-state index contributed by atoms with van der Waals surface area (Å²) < 4.78 is 0. The molecule has 0 aromatic rings. The lowest BCUT2D eigenvalue weighted by molar-refractivity contribution is 0.122. The van der Waals surface area contributed by atoms with Crippen LogP contribution in [0.3, 0.4) is 0 Å². The van der Waals surface area contributed by atoms with E-state index in [-0.39, 0.29) is 5.54 Å². The minimum Gasteiger partial charge on any atom is -0.329 e. The van der Waals surface area contributed by atoms with Crippen LogP contribution in [0, 0.1) is 11.3 Å². The van der Waals surface area contributed by atoms with Crippen LogP contribution in [0.15, 0.2) is 0 Å². The molecule has 0 aromatic carbocycles. The van der Waals surface area contributed by atoms with Crippen LogP contribution in [0.5, 0.6) is 0 Å². The van der Waals surface area contributed by atoms with Crippen molar-refractivity contribution >= 4 is 0 Å². The van der Waals surface area contributed by atoms with Crippen molar-refractivity contribution in [2.24, 2.45) is 17.1 Å². The number of rotatable bonds is 4. The number of hydrogen-bond acceptors (Lipinski definition) is 2. The van der Waals surface area contributed by atoms with E-state index in [2.05, 4.69) is 33.0 Å². The maximum Gasteiger partial charge on any atom is 0.0309 e. The van der Waals surface area contributed by atoms with Gasteiger partial charge in [-0.25, -0.2) is 0 Å². The maximum absolute atomic E-state index is 5.98. The summed E-state index contributed by atoms with van der Waals surface area (Å²) in [5, 5.41) is 3.71. The summed E-state index contributed by atoms with van der Waals surface area (Å²) in [7, 11) is 0. The summed E-state index contributed by atoms with van der Waals surface area (Å²) in [5.74, 6) is 0.707. The average Bonchev–Trinajstić information content (AvgIpc) is 2.13. The zero-order chi connectivity index (χ0) is 11.5. The van der Waals surface area contributed by atoms with E-state index in [1.807, 2.05) is 0 Å². The summed E-state index contributed by atoms with van der Waals surface area (Å²) in [6, 6.07) is 0. The lowest BCUT2D eigenvalue weighted by atomic mass is 9.68. The monoisotopic (exact) mass is 212 g/mol. The van der Waals surface area contributed by atoms with Gasteiger partial charge in [-0.2, -0.15) is 0 Å². The lowest BCUT2D eigenvalue weighted by Gasteiger charge is -2.45. The van der Waals surface area contributed by atoms with Crippen LogP contribution in [0.2, 0.25) is 0 Å². The average molecular weight is 212 g/mol. The van der Waals surface area contributed by atoms with Crippen molar-refractivity contribution in [1.82, 2.24) is 5.32 Å². The normalized spacial score (nSPS) is 30.8. The number of nitrogens with two attached hydrogens (primary N) is 1. The number of nitrogens with one attached hydrogen (secondary N) is 1. The molecule has 15 heavy (non-hydrogen) atoms. The predicted octanol–water partition coefficient (Wildman–Crippen LogP) is 2.53. The Morgan fingerprint density at radius 3 is 2.40 bits per heavy atom. The van der Waals surface area contributed by atoms with Gasteiger partial charge in [-0.05, 0) is 37.1 Å². The minimum absolute atomic E-state index is 0.214. The summed E-state index contributed by atoms with van der Waals surface area (Å²) >= 11 is 0. The first kappa shape index (κ1) is 13.0. The van der Waals surface area contributed by atoms with Crippen LogP contribution in [0.4, 0.5) is 0 Å². The van der Waals surface area contributed by atoms with E-state index in [1.54, 1.807) is 0 Å². The van der Waals surface area contributed by atoms with Crippen molar-refractivity contribution in [1.29, 1.82) is 0 Å². The van der Waals surface area contributed by atoms with E-state index in [0.717, 1.165) is 13.1 Å². The van der Waals surface area contributed by atoms with Crippen LogP contribution in [-0.4, -0.2) is 18.6 Å². The van der Waals surface area contributed by atoms with Gasteiger partial charge in [-0.15, -0.1) is 0 Å². The fourth-order valence-corrected chi connectivity index (χ4v) is 2.82. The Morgan fingerprint density at radius 2 is 1.93 bits per heavy atom. The SMILES string of the molecule is CC(C)CNC1(CN)CCCC(C)(C)C1. The van der Waals surface area contributed by atoms with E-state index < -0.39 is 0 Å². The minimum atomic E-state index is 0.214. The fourth-order valence-electron chi connectivity index (χ4n) is 2.82. The quantitative estimate of drug-likeness (QED) is 0.751. The highest BCUT2D eigenvalue weighted by molar-refractivity contribution is 4.97. The third-order valence-electron chi connectivity index (χ3n) is 3.60. The van der Waals surface area contributed by atoms with Crippen LogP contribution in [0.1, 0.15) is 53.4 Å². The molecule has 0 aliphatic heterocycles. The molecular weight excluding hydrogens is 184 g/mol. The highest BCUT2D eigenvalue weighted by Crippen LogP contribution is 2.40. The molecule has 1 aliphatic carbocycles. The maximum atomic E-state index is 5.98. The molecule has 0 spiro atoms. The van der Waals surface area contributed by atoms with Crippen LogP contribution in [-0.2, 0) is 0 Å². The van der Waals surface area contributed by atoms with Crippen LogP contribution < -0.4 is 11.1 Å². The van der Waals surface area contributed by atoms with Gasteiger partial charge in [-0.1, -0.05) is 34.1 Å². The molecule has 0 radical (unpaired) electrons. The summed E-state index contributed by atoms with van der Waals surface area (Å²) in [5.41, 5.74) is 6.66. The van der Waals surface area contributed by atoms with E-state index in [9.17, 15) is 0 Å². The Labute approximate surface area is 95.0 Å². The lowest BCUT2D eigenvalue weighted by Crippen LogP contribution is -2.56. The first-order chi connectivity index (χ1) is 6.89. The number of hydrogen-bond donors (Lipinski definition) is 2. The van der Waals surface area contributed by atoms with Gasteiger partial charge in [0, 0.05) is 12.1 Å². The van der Waals surface area contributed by atoms with Gasteiger partial charge >= 0.3 is 0 Å². The van der Waals surface area contributed by atoms with Crippen molar-refractivity contribution in [3.8, 4) is 0 Å². The molecule has 1 unspecified atom stereocenters. The molecule has 0 aromatic heterocycles. The highest BCUT2D eigenvalue weighted by atomic mass is 15.0. The molecule has 0 amide bonds. The van der Waals surface area contributed by atoms with Crippen LogP contribution in [0.25, 0.3) is 0 Å². The van der Waals surface area contributed by atoms with Gasteiger partial charge < -0.3 is 11.1 Å². The topological polar surface area (TPSA) is 38.0 Å². The Balaban J connectivity index is 2.58. The molecule has 1 fully saturated rings. The molecule has 90 valence electrons. The van der Waals surface area contributed by atoms with Crippen molar-refractivity contribution in [2.75, 3.05) is 13.1 Å². The van der Waals surface area contributed by atoms with Crippen molar-refractivity contribution < 1.29 is 0 Å². The van der Waals surface area contributed by atoms with Crippen molar-refractivity contribution in [3.05, 3.63) is 0 Å². The molecule has 1 atom stereocenters. The molecule has 1 aliphatic rings. The van der Waals surface area contributed by atoms with Gasteiger partial charge in [0.1, 0.15) is 0 Å². The molecular formula is C13H28N2. The molecule has 2 heteroatoms. The molecule has 0 heterocycles. The largest absolute Gasteiger partial charge is 0.329 e. The summed E-state index contributed by atoms with van der Waals surface area (Å²) in [6.45, 7) is 11.1. The van der Waals surface area contributed by atoms with Gasteiger partial charge in [0.25, 0.3) is 0 Å². The fraction of sp³-hybridized carbons (Fsp3) is 1.00. The molecule has 3 N–H and O–H groups in total. The van der Waals surface area contributed by atoms with Crippen molar-refractivity contribution in [3.63, 3.8) is 0 Å². The smallest absolute Gasteiger partial charge is 0.0309 e. The third kappa shape index (κ3) is 3.76. The van der Waals surface area contributed by atoms with Gasteiger partial charge in [0.05, 0.1) is 0 Å². The molecule has 1 rings (SSSR count). The Hall–Kier alpha value is -0.0800. The van der Waals surface area contributed by atoms with Gasteiger partial charge in [0.2, 0.25) is 0 Å². The van der Waals surface area contributed by atoms with Gasteiger partial charge in [0.15, 0.2) is 0 Å². The van der Waals surface area contributed by atoms with E-state index in [1.165, 1.54) is 25.7 Å². The second-order valence-electron chi connectivity index (χ2n) is 6.45. The first-order valence-corrected chi connectivity index (χ1v) is 6.34. The Kier molecular flexibility index (Phi) is 4.19. The van der Waals surface area contributed by atoms with E-state index in [4.69, 9.17) is 5.73 Å². The zero-order valence-corrected chi connectivity index (χ0v) is 10.9. The predicted molar refractivity (Wildman–Crippen MR) is 66.9 cm³/mol. The summed E-state index contributed by atoms with van der Waals surface area (Å²) in [4.78, 5) is 0. The van der Waals surface area contributed by atoms with Crippen molar-refractivity contribution in [2.45, 2.75) is 58.9 Å². The molecule has 0 bridgehead atoms. The standard InChI is InChI=1S/C13H28N2/c1-11(2)8-15-13(10-14)7-5-6-12(3,4)9-13/h11,15H,5-10,14H2,1-4H3. The van der Waals surface area contributed by atoms with E-state index >= 15 is 0 Å². The first-order valence-electron chi connectivity index (χ1n) is 6.34. The third-order valence-corrected chi connectivity index (χ3v) is 3.60. The van der Waals surface area contributed by atoms with Crippen LogP contribution >= 0.6 is 0 Å². The second-order valence-corrected chi connectivity index (χ2v) is 6.45. The van der Waals surface area contributed by atoms with E-state index in [0.29, 0.717) is 11.3 Å². The zero-order valence-electron chi connectivity index (χ0n) is 10.9. The molecule has 0 saturated heterocycles. The molecule has 1 saturated carbocycles. The van der Waals surface area contributed by atoms with Gasteiger partial charge in [-0.3, -0.25) is 0 Å².